The Morgan fingerprint density at radius 2 is 1.71 bits per heavy atom. The normalized spacial score (nSPS) is 12.8. The lowest BCUT2D eigenvalue weighted by Gasteiger charge is -2.25. The first-order valence-electron chi connectivity index (χ1n) is 4.68. The van der Waals surface area contributed by atoms with Gasteiger partial charge in [-0.25, -0.2) is 8.42 Å². The lowest BCUT2D eigenvalue weighted by Crippen LogP contribution is -2.31. The number of rotatable bonds is 6. The molecule has 4 nitrogen and oxygen atoms in total. The Kier molecular flexibility index (Phi) is 4.58. The summed E-state index contributed by atoms with van der Waals surface area (Å²) in [6, 6.07) is 0. The second kappa shape index (κ2) is 4.77. The van der Waals surface area contributed by atoms with E-state index in [1.54, 1.807) is 13.8 Å². The van der Waals surface area contributed by atoms with Crippen molar-refractivity contribution in [2.75, 3.05) is 12.0 Å². The topological polar surface area (TPSA) is 71.4 Å². The van der Waals surface area contributed by atoms with Gasteiger partial charge in [0, 0.05) is 6.26 Å². The SMILES string of the molecule is CCC(CC)(CCS(C)(=O)=O)C(=O)O. The van der Waals surface area contributed by atoms with E-state index in [1.807, 2.05) is 0 Å². The Balaban J connectivity index is 4.61. The van der Waals surface area contributed by atoms with Crippen LogP contribution in [0, 0.1) is 5.41 Å². The van der Waals surface area contributed by atoms with Crippen molar-refractivity contribution in [2.45, 2.75) is 33.1 Å². The van der Waals surface area contributed by atoms with Crippen molar-refractivity contribution in [1.29, 1.82) is 0 Å². The van der Waals surface area contributed by atoms with Gasteiger partial charge in [0.15, 0.2) is 0 Å². The van der Waals surface area contributed by atoms with E-state index < -0.39 is 21.2 Å². The summed E-state index contributed by atoms with van der Waals surface area (Å²) in [4.78, 5) is 11.0. The molecule has 0 heterocycles. The van der Waals surface area contributed by atoms with Crippen LogP contribution in [-0.2, 0) is 14.6 Å². The summed E-state index contributed by atoms with van der Waals surface area (Å²) < 4.78 is 21.9. The highest BCUT2D eigenvalue weighted by atomic mass is 32.2. The van der Waals surface area contributed by atoms with Crippen LogP contribution >= 0.6 is 0 Å². The fourth-order valence-corrected chi connectivity index (χ4v) is 2.16. The predicted molar refractivity (Wildman–Crippen MR) is 55.0 cm³/mol. The molecule has 0 saturated heterocycles. The van der Waals surface area contributed by atoms with Gasteiger partial charge in [-0.1, -0.05) is 13.8 Å². The Labute approximate surface area is 85.2 Å². The van der Waals surface area contributed by atoms with Crippen LogP contribution in [0.3, 0.4) is 0 Å². The lowest BCUT2D eigenvalue weighted by atomic mass is 9.80. The molecule has 14 heavy (non-hydrogen) atoms. The molecule has 0 bridgehead atoms. The molecule has 0 amide bonds. The summed E-state index contributed by atoms with van der Waals surface area (Å²) >= 11 is 0. The third kappa shape index (κ3) is 3.65. The summed E-state index contributed by atoms with van der Waals surface area (Å²) in [5.74, 6) is -0.952. The molecule has 0 aliphatic rings. The summed E-state index contributed by atoms with van der Waals surface area (Å²) in [5.41, 5.74) is -0.872. The molecule has 84 valence electrons. The highest BCUT2D eigenvalue weighted by molar-refractivity contribution is 7.90. The second-order valence-electron chi connectivity index (χ2n) is 3.67. The largest absolute Gasteiger partial charge is 0.481 e. The molecule has 0 aromatic carbocycles. The number of sulfone groups is 1. The minimum Gasteiger partial charge on any atom is -0.481 e. The molecular formula is C9H18O4S. The van der Waals surface area contributed by atoms with Crippen molar-refractivity contribution >= 4 is 15.8 Å². The minimum atomic E-state index is -3.07. The monoisotopic (exact) mass is 222 g/mol. The van der Waals surface area contributed by atoms with Crippen LogP contribution in [0.2, 0.25) is 0 Å². The fourth-order valence-electron chi connectivity index (χ4n) is 1.39. The third-order valence-corrected chi connectivity index (χ3v) is 3.70. The van der Waals surface area contributed by atoms with Gasteiger partial charge < -0.3 is 5.11 Å². The Hall–Kier alpha value is -0.580. The van der Waals surface area contributed by atoms with Crippen molar-refractivity contribution in [3.8, 4) is 0 Å². The van der Waals surface area contributed by atoms with Crippen LogP contribution in [0.15, 0.2) is 0 Å². The van der Waals surface area contributed by atoms with Crippen molar-refractivity contribution < 1.29 is 18.3 Å². The van der Waals surface area contributed by atoms with Gasteiger partial charge >= 0.3 is 5.97 Å². The van der Waals surface area contributed by atoms with Gasteiger partial charge in [0.2, 0.25) is 0 Å². The first-order valence-corrected chi connectivity index (χ1v) is 6.74. The summed E-state index contributed by atoms with van der Waals surface area (Å²) in [6.07, 6.45) is 2.27. The van der Waals surface area contributed by atoms with Gasteiger partial charge in [0.05, 0.1) is 11.2 Å². The number of hydrogen-bond acceptors (Lipinski definition) is 3. The predicted octanol–water partition coefficient (Wildman–Crippen LogP) is 1.31. The molecule has 0 fully saturated rings. The molecular weight excluding hydrogens is 204 g/mol. The van der Waals surface area contributed by atoms with Gasteiger partial charge in [-0.05, 0) is 19.3 Å². The number of carboxylic acids is 1. The highest BCUT2D eigenvalue weighted by Gasteiger charge is 2.35. The standard InChI is InChI=1S/C9H18O4S/c1-4-9(5-2,8(10)11)6-7-14(3,12)13/h4-7H2,1-3H3,(H,10,11). The molecule has 0 unspecified atom stereocenters. The Morgan fingerprint density at radius 3 is 1.93 bits per heavy atom. The van der Waals surface area contributed by atoms with Crippen molar-refractivity contribution in [2.24, 2.45) is 5.41 Å². The van der Waals surface area contributed by atoms with Crippen LogP contribution in [0.4, 0.5) is 0 Å². The van der Waals surface area contributed by atoms with Gasteiger partial charge in [-0.2, -0.15) is 0 Å². The van der Waals surface area contributed by atoms with Gasteiger partial charge in [0.1, 0.15) is 9.84 Å². The third-order valence-electron chi connectivity index (χ3n) is 2.76. The van der Waals surface area contributed by atoms with Crippen molar-refractivity contribution in [3.05, 3.63) is 0 Å². The molecule has 0 rings (SSSR count). The fraction of sp³-hybridized carbons (Fsp3) is 0.889. The molecule has 0 aliphatic heterocycles. The Morgan fingerprint density at radius 1 is 1.29 bits per heavy atom. The van der Waals surface area contributed by atoms with Crippen molar-refractivity contribution in [1.82, 2.24) is 0 Å². The van der Waals surface area contributed by atoms with Gasteiger partial charge in [-0.15, -0.1) is 0 Å². The first kappa shape index (κ1) is 13.4. The number of hydrogen-bond donors (Lipinski definition) is 1. The molecule has 0 radical (unpaired) electrons. The smallest absolute Gasteiger partial charge is 0.309 e. The Bertz CT molecular complexity index is 288. The molecule has 0 aromatic rings. The zero-order chi connectivity index (χ0) is 11.4. The minimum absolute atomic E-state index is 0.0546. The van der Waals surface area contributed by atoms with Crippen LogP contribution in [-0.4, -0.2) is 31.5 Å². The average molecular weight is 222 g/mol. The maximum Gasteiger partial charge on any atom is 0.309 e. The molecule has 0 aromatic heterocycles. The maximum atomic E-state index is 11.0. The van der Waals surface area contributed by atoms with E-state index in [-0.39, 0.29) is 12.2 Å². The van der Waals surface area contributed by atoms with Crippen LogP contribution in [0.5, 0.6) is 0 Å². The van der Waals surface area contributed by atoms with Crippen LogP contribution < -0.4 is 0 Å². The van der Waals surface area contributed by atoms with E-state index >= 15 is 0 Å². The molecule has 1 N–H and O–H groups in total. The lowest BCUT2D eigenvalue weighted by molar-refractivity contribution is -0.149. The summed E-state index contributed by atoms with van der Waals surface area (Å²) in [6.45, 7) is 3.56. The van der Waals surface area contributed by atoms with E-state index in [9.17, 15) is 13.2 Å². The van der Waals surface area contributed by atoms with Crippen LogP contribution in [0.25, 0.3) is 0 Å². The average Bonchev–Trinajstić information content (AvgIpc) is 2.04. The van der Waals surface area contributed by atoms with Gasteiger partial charge in [-0.3, -0.25) is 4.79 Å². The molecule has 0 saturated carbocycles. The second-order valence-corrected chi connectivity index (χ2v) is 5.93. The number of carboxylic acid groups (broad SMARTS) is 1. The number of aliphatic carboxylic acids is 1. The van der Waals surface area contributed by atoms with E-state index in [4.69, 9.17) is 5.11 Å². The zero-order valence-electron chi connectivity index (χ0n) is 8.91. The highest BCUT2D eigenvalue weighted by Crippen LogP contribution is 2.31. The van der Waals surface area contributed by atoms with E-state index in [0.717, 1.165) is 6.26 Å². The zero-order valence-corrected chi connectivity index (χ0v) is 9.73. The van der Waals surface area contributed by atoms with E-state index in [2.05, 4.69) is 0 Å². The van der Waals surface area contributed by atoms with E-state index in [0.29, 0.717) is 12.8 Å². The molecule has 0 spiro atoms. The van der Waals surface area contributed by atoms with Gasteiger partial charge in [0.25, 0.3) is 0 Å². The van der Waals surface area contributed by atoms with Crippen LogP contribution in [0.1, 0.15) is 33.1 Å². The molecule has 0 aliphatic carbocycles. The quantitative estimate of drug-likeness (QED) is 0.735. The van der Waals surface area contributed by atoms with Crippen molar-refractivity contribution in [3.63, 3.8) is 0 Å². The van der Waals surface area contributed by atoms with E-state index in [1.165, 1.54) is 0 Å². The number of carbonyl (C=O) groups is 1. The first-order chi connectivity index (χ1) is 6.27. The maximum absolute atomic E-state index is 11.0. The molecule has 0 atom stereocenters. The summed E-state index contributed by atoms with van der Waals surface area (Å²) in [5, 5.41) is 9.03. The molecule has 5 heteroatoms. The summed E-state index contributed by atoms with van der Waals surface area (Å²) in [7, 11) is -3.07.